The number of aliphatic hydroxyl groups is 1. The van der Waals surface area contributed by atoms with Gasteiger partial charge < -0.3 is 9.84 Å². The van der Waals surface area contributed by atoms with Gasteiger partial charge in [-0.15, -0.1) is 0 Å². The number of rotatable bonds is 6. The SMILES string of the molecule is Cc1ccc(CN(CC2(CO)COC2)C2CCc3ccccc32)cc1. The topological polar surface area (TPSA) is 32.7 Å². The molecule has 0 spiro atoms. The van der Waals surface area contributed by atoms with Gasteiger partial charge in [0.05, 0.1) is 25.2 Å². The number of aliphatic hydroxyl groups excluding tert-OH is 1. The van der Waals surface area contributed by atoms with Crippen molar-refractivity contribution in [1.29, 1.82) is 0 Å². The molecule has 0 bridgehead atoms. The normalized spacial score (nSPS) is 21.2. The molecule has 2 aromatic carbocycles. The molecule has 3 heteroatoms. The standard InChI is InChI=1S/C22H27NO2/c1-17-6-8-18(9-7-17)12-23(13-22(14-24)15-25-16-22)21-11-10-19-4-2-3-5-20(19)21/h2-9,21,24H,10-16H2,1H3. The fourth-order valence-electron chi connectivity index (χ4n) is 4.17. The van der Waals surface area contributed by atoms with Crippen molar-refractivity contribution in [2.75, 3.05) is 26.4 Å². The van der Waals surface area contributed by atoms with Crippen LogP contribution in [0.3, 0.4) is 0 Å². The Kier molecular flexibility index (Phi) is 4.63. The van der Waals surface area contributed by atoms with Crippen LogP contribution >= 0.6 is 0 Å². The van der Waals surface area contributed by atoms with Gasteiger partial charge in [0.25, 0.3) is 0 Å². The van der Waals surface area contributed by atoms with Gasteiger partial charge >= 0.3 is 0 Å². The summed E-state index contributed by atoms with van der Waals surface area (Å²) in [6.45, 7) is 5.47. The number of aryl methyl sites for hydroxylation is 2. The summed E-state index contributed by atoms with van der Waals surface area (Å²) < 4.78 is 5.44. The molecule has 0 saturated carbocycles. The first kappa shape index (κ1) is 16.8. The molecule has 0 amide bonds. The van der Waals surface area contributed by atoms with Crippen molar-refractivity contribution in [1.82, 2.24) is 4.90 Å². The van der Waals surface area contributed by atoms with Crippen molar-refractivity contribution < 1.29 is 9.84 Å². The minimum Gasteiger partial charge on any atom is -0.396 e. The maximum Gasteiger partial charge on any atom is 0.0579 e. The van der Waals surface area contributed by atoms with Crippen molar-refractivity contribution >= 4 is 0 Å². The number of hydrogen-bond donors (Lipinski definition) is 1. The lowest BCUT2D eigenvalue weighted by Gasteiger charge is -2.45. The Morgan fingerprint density at radius 1 is 1.12 bits per heavy atom. The van der Waals surface area contributed by atoms with Gasteiger partial charge in [0.2, 0.25) is 0 Å². The predicted molar refractivity (Wildman–Crippen MR) is 99.4 cm³/mol. The van der Waals surface area contributed by atoms with Crippen LogP contribution < -0.4 is 0 Å². The maximum atomic E-state index is 9.92. The first-order chi connectivity index (χ1) is 12.2. The summed E-state index contributed by atoms with van der Waals surface area (Å²) in [6.07, 6.45) is 2.31. The van der Waals surface area contributed by atoms with Crippen LogP contribution in [-0.4, -0.2) is 36.4 Å². The van der Waals surface area contributed by atoms with Gasteiger partial charge in [0, 0.05) is 19.1 Å². The molecule has 3 nitrogen and oxygen atoms in total. The molecular weight excluding hydrogens is 310 g/mol. The van der Waals surface area contributed by atoms with Crippen molar-refractivity contribution in [2.45, 2.75) is 32.4 Å². The first-order valence-electron chi connectivity index (χ1n) is 9.25. The zero-order valence-corrected chi connectivity index (χ0v) is 14.9. The zero-order chi connectivity index (χ0) is 17.3. The third-order valence-electron chi connectivity index (χ3n) is 5.74. The van der Waals surface area contributed by atoms with Crippen LogP contribution in [0.1, 0.15) is 34.7 Å². The van der Waals surface area contributed by atoms with Gasteiger partial charge in [-0.05, 0) is 36.5 Å². The quantitative estimate of drug-likeness (QED) is 0.876. The molecule has 1 aliphatic carbocycles. The Hall–Kier alpha value is -1.68. The molecule has 1 saturated heterocycles. The van der Waals surface area contributed by atoms with E-state index in [-0.39, 0.29) is 12.0 Å². The second-order valence-electron chi connectivity index (χ2n) is 7.79. The Morgan fingerprint density at radius 2 is 1.88 bits per heavy atom. The molecule has 1 atom stereocenters. The van der Waals surface area contributed by atoms with Crippen molar-refractivity contribution in [3.63, 3.8) is 0 Å². The van der Waals surface area contributed by atoms with Gasteiger partial charge in [-0.25, -0.2) is 0 Å². The smallest absolute Gasteiger partial charge is 0.0579 e. The van der Waals surface area contributed by atoms with Crippen LogP contribution in [0.2, 0.25) is 0 Å². The van der Waals surface area contributed by atoms with Gasteiger partial charge in [-0.3, -0.25) is 4.90 Å². The molecule has 2 aromatic rings. The molecule has 4 rings (SSSR count). The summed E-state index contributed by atoms with van der Waals surface area (Å²) in [5.41, 5.74) is 5.47. The number of benzene rings is 2. The molecule has 25 heavy (non-hydrogen) atoms. The Morgan fingerprint density at radius 3 is 2.56 bits per heavy atom. The second kappa shape index (κ2) is 6.91. The van der Waals surface area contributed by atoms with Gasteiger partial charge in [0.1, 0.15) is 0 Å². The summed E-state index contributed by atoms with van der Waals surface area (Å²) in [5.74, 6) is 0. The monoisotopic (exact) mass is 337 g/mol. The van der Waals surface area contributed by atoms with E-state index in [9.17, 15) is 5.11 Å². The van der Waals surface area contributed by atoms with E-state index >= 15 is 0 Å². The highest BCUT2D eigenvalue weighted by atomic mass is 16.5. The molecule has 1 fully saturated rings. The fourth-order valence-corrected chi connectivity index (χ4v) is 4.17. The molecule has 1 heterocycles. The van der Waals surface area contributed by atoms with E-state index in [0.29, 0.717) is 19.3 Å². The number of ether oxygens (including phenoxy) is 1. The molecule has 0 radical (unpaired) electrons. The van der Waals surface area contributed by atoms with E-state index in [1.165, 1.54) is 22.3 Å². The van der Waals surface area contributed by atoms with Crippen LogP contribution in [0.4, 0.5) is 0 Å². The Balaban J connectivity index is 1.60. The van der Waals surface area contributed by atoms with Crippen LogP contribution in [-0.2, 0) is 17.7 Å². The summed E-state index contributed by atoms with van der Waals surface area (Å²) in [4.78, 5) is 2.56. The molecular formula is C22H27NO2. The first-order valence-corrected chi connectivity index (χ1v) is 9.25. The average molecular weight is 337 g/mol. The molecule has 1 aliphatic heterocycles. The lowest BCUT2D eigenvalue weighted by molar-refractivity contribution is -0.153. The van der Waals surface area contributed by atoms with Crippen LogP contribution in [0.25, 0.3) is 0 Å². The van der Waals surface area contributed by atoms with Crippen molar-refractivity contribution in [2.24, 2.45) is 5.41 Å². The lowest BCUT2D eigenvalue weighted by Crippen LogP contribution is -2.53. The molecule has 0 aromatic heterocycles. The van der Waals surface area contributed by atoms with E-state index in [4.69, 9.17) is 4.74 Å². The zero-order valence-electron chi connectivity index (χ0n) is 14.9. The van der Waals surface area contributed by atoms with Crippen LogP contribution in [0, 0.1) is 12.3 Å². The van der Waals surface area contributed by atoms with E-state index in [1.807, 2.05) is 0 Å². The summed E-state index contributed by atoms with van der Waals surface area (Å²) >= 11 is 0. The third-order valence-corrected chi connectivity index (χ3v) is 5.74. The Labute approximate surface area is 150 Å². The summed E-state index contributed by atoms with van der Waals surface area (Å²) in [7, 11) is 0. The highest BCUT2D eigenvalue weighted by Crippen LogP contribution is 2.39. The molecule has 1 unspecified atom stereocenters. The Bertz CT molecular complexity index is 716. The number of hydrogen-bond acceptors (Lipinski definition) is 3. The van der Waals surface area contributed by atoms with Crippen molar-refractivity contribution in [3.8, 4) is 0 Å². The minimum atomic E-state index is -0.0950. The number of fused-ring (bicyclic) bond motifs is 1. The predicted octanol–water partition coefficient (Wildman–Crippen LogP) is 3.49. The van der Waals surface area contributed by atoms with E-state index in [2.05, 4.69) is 60.4 Å². The largest absolute Gasteiger partial charge is 0.396 e. The van der Waals surface area contributed by atoms with Crippen LogP contribution in [0.15, 0.2) is 48.5 Å². The van der Waals surface area contributed by atoms with Gasteiger partial charge in [-0.1, -0.05) is 54.1 Å². The van der Waals surface area contributed by atoms with Gasteiger partial charge in [-0.2, -0.15) is 0 Å². The summed E-state index contributed by atoms with van der Waals surface area (Å²) in [6, 6.07) is 18.1. The molecule has 132 valence electrons. The molecule has 2 aliphatic rings. The summed E-state index contributed by atoms with van der Waals surface area (Å²) in [5, 5.41) is 9.92. The number of nitrogens with zero attached hydrogens (tertiary/aromatic N) is 1. The minimum absolute atomic E-state index is 0.0950. The second-order valence-corrected chi connectivity index (χ2v) is 7.79. The van der Waals surface area contributed by atoms with Gasteiger partial charge in [0.15, 0.2) is 0 Å². The maximum absolute atomic E-state index is 9.92. The fraction of sp³-hybridized carbons (Fsp3) is 0.455. The van der Waals surface area contributed by atoms with E-state index in [0.717, 1.165) is 25.9 Å². The van der Waals surface area contributed by atoms with E-state index in [1.54, 1.807) is 0 Å². The van der Waals surface area contributed by atoms with Crippen LogP contribution in [0.5, 0.6) is 0 Å². The van der Waals surface area contributed by atoms with Crippen molar-refractivity contribution in [3.05, 3.63) is 70.8 Å². The molecule has 1 N–H and O–H groups in total. The third kappa shape index (κ3) is 3.37. The highest BCUT2D eigenvalue weighted by molar-refractivity contribution is 5.34. The lowest BCUT2D eigenvalue weighted by atomic mass is 9.85. The highest BCUT2D eigenvalue weighted by Gasteiger charge is 2.42. The van der Waals surface area contributed by atoms with E-state index < -0.39 is 0 Å². The average Bonchev–Trinajstić information content (AvgIpc) is 3.03.